The van der Waals surface area contributed by atoms with Crippen molar-refractivity contribution >= 4 is 17.4 Å². The number of nitrogens with two attached hydrogens (primary N) is 1. The molecule has 0 unspecified atom stereocenters. The zero-order valence-electron chi connectivity index (χ0n) is 2.84. The molecule has 0 aliphatic heterocycles. The van der Waals surface area contributed by atoms with Crippen LogP contribution in [0.3, 0.4) is 0 Å². The second-order valence-electron chi connectivity index (χ2n) is 0.338. The minimum atomic E-state index is -0.500. The standard InChI is InChI=1S/CH3NOS.Mo.H2O/c2-1(3)4;;/h(H3,2,3,4);;1H2. The van der Waals surface area contributed by atoms with Crippen molar-refractivity contribution in [3.05, 3.63) is 0 Å². The zero-order chi connectivity index (χ0) is 3.58. The van der Waals surface area contributed by atoms with Crippen molar-refractivity contribution in [2.75, 3.05) is 0 Å². The predicted octanol–water partition coefficient (Wildman–Crippen LogP) is -1.04. The quantitative estimate of drug-likeness (QED) is 0.379. The number of aliphatic hydroxyl groups excluding tert-OH is 1. The molecule has 3 nitrogen and oxygen atoms in total. The maximum atomic E-state index is 7.56. The fraction of sp³-hybridized carbons (Fsp3) is 0. The van der Waals surface area contributed by atoms with Gasteiger partial charge in [-0.2, -0.15) is 0 Å². The molecular formula is CH5MoNO2S. The Labute approximate surface area is 55.1 Å². The van der Waals surface area contributed by atoms with E-state index in [1.807, 2.05) is 0 Å². The van der Waals surface area contributed by atoms with Gasteiger partial charge in [0.1, 0.15) is 0 Å². The Morgan fingerprint density at radius 2 is 1.67 bits per heavy atom. The molecule has 0 amide bonds. The van der Waals surface area contributed by atoms with Crippen LogP contribution < -0.4 is 5.73 Å². The first-order valence-corrected chi connectivity index (χ1v) is 1.12. The molecule has 5 N–H and O–H groups in total. The molecule has 0 saturated carbocycles. The second kappa shape index (κ2) is 9.02. The van der Waals surface area contributed by atoms with Crippen molar-refractivity contribution in [1.82, 2.24) is 0 Å². The summed E-state index contributed by atoms with van der Waals surface area (Å²) in [6.07, 6.45) is 0. The zero-order valence-corrected chi connectivity index (χ0v) is 5.66. The summed E-state index contributed by atoms with van der Waals surface area (Å²) < 4.78 is 0. The Balaban J connectivity index is -0.0000000450. The van der Waals surface area contributed by atoms with Gasteiger partial charge < -0.3 is 16.3 Å². The number of rotatable bonds is 0. The summed E-state index contributed by atoms with van der Waals surface area (Å²) in [6, 6.07) is 0. The molecule has 0 aromatic heterocycles. The summed E-state index contributed by atoms with van der Waals surface area (Å²) in [5.74, 6) is 0. The predicted molar refractivity (Wildman–Crippen MR) is 23.0 cm³/mol. The Morgan fingerprint density at radius 1 is 1.67 bits per heavy atom. The van der Waals surface area contributed by atoms with Gasteiger partial charge in [0.05, 0.1) is 0 Å². The maximum Gasteiger partial charge on any atom is 0.251 e. The molecule has 0 heterocycles. The Bertz CT molecular complexity index is 36.5. The molecular weight excluding hydrogens is 186 g/mol. The van der Waals surface area contributed by atoms with E-state index in [0.29, 0.717) is 0 Å². The van der Waals surface area contributed by atoms with E-state index in [-0.39, 0.29) is 26.5 Å². The fourth-order valence-electron chi connectivity index (χ4n) is 0. The van der Waals surface area contributed by atoms with Crippen LogP contribution in [0.2, 0.25) is 0 Å². The number of hydrogen-bond donors (Lipinski definition) is 2. The molecule has 0 rings (SSSR count). The first-order chi connectivity index (χ1) is 1.73. The van der Waals surface area contributed by atoms with Crippen molar-refractivity contribution in [2.45, 2.75) is 0 Å². The van der Waals surface area contributed by atoms with E-state index in [2.05, 4.69) is 18.0 Å². The van der Waals surface area contributed by atoms with Crippen LogP contribution in [0, 0.1) is 0 Å². The summed E-state index contributed by atoms with van der Waals surface area (Å²) in [7, 11) is 0. The van der Waals surface area contributed by atoms with Crippen molar-refractivity contribution < 1.29 is 31.6 Å². The summed E-state index contributed by atoms with van der Waals surface area (Å²) in [6.45, 7) is 0. The van der Waals surface area contributed by atoms with Crippen LogP contribution in [0.5, 0.6) is 0 Å². The number of hydrogen-bond acceptors (Lipinski definition) is 1. The van der Waals surface area contributed by atoms with Crippen LogP contribution in [0.1, 0.15) is 0 Å². The molecule has 0 aliphatic rings. The number of aliphatic hydroxyl groups is 1. The third-order valence-corrected chi connectivity index (χ3v) is 0. The van der Waals surface area contributed by atoms with Gasteiger partial charge in [-0.1, -0.05) is 0 Å². The molecule has 0 aromatic rings. The monoisotopic (exact) mass is 193 g/mol. The normalized spacial score (nSPS) is 4.00. The molecule has 38 valence electrons. The van der Waals surface area contributed by atoms with Crippen molar-refractivity contribution in [1.29, 1.82) is 0 Å². The van der Waals surface area contributed by atoms with Crippen molar-refractivity contribution in [2.24, 2.45) is 5.73 Å². The number of thiocarbonyl (C=S) groups is 1. The average molecular weight is 191 g/mol. The van der Waals surface area contributed by atoms with E-state index in [1.165, 1.54) is 0 Å². The summed E-state index contributed by atoms with van der Waals surface area (Å²) >= 11 is 3.87. The minimum Gasteiger partial charge on any atom is -0.487 e. The molecule has 0 aromatic carbocycles. The Morgan fingerprint density at radius 3 is 1.67 bits per heavy atom. The van der Waals surface area contributed by atoms with Gasteiger partial charge in [0.15, 0.2) is 0 Å². The average Bonchev–Trinajstić information content (AvgIpc) is 0.811. The SMILES string of the molecule is NC(O)=S.O.[Mo]. The van der Waals surface area contributed by atoms with E-state index in [9.17, 15) is 0 Å². The molecule has 5 heteroatoms. The molecule has 0 atom stereocenters. The molecule has 0 saturated heterocycles. The third-order valence-electron chi connectivity index (χ3n) is 0. The maximum absolute atomic E-state index is 7.56. The molecule has 0 fully saturated rings. The largest absolute Gasteiger partial charge is 0.487 e. The van der Waals surface area contributed by atoms with Crippen molar-refractivity contribution in [3.63, 3.8) is 0 Å². The fourth-order valence-corrected chi connectivity index (χ4v) is 0. The van der Waals surface area contributed by atoms with Crippen LogP contribution in [0.25, 0.3) is 0 Å². The van der Waals surface area contributed by atoms with Crippen molar-refractivity contribution in [3.8, 4) is 0 Å². The van der Waals surface area contributed by atoms with Gasteiger partial charge in [0.25, 0.3) is 5.17 Å². The molecule has 0 spiro atoms. The van der Waals surface area contributed by atoms with Crippen LogP contribution in [0.4, 0.5) is 0 Å². The topological polar surface area (TPSA) is 77.8 Å². The van der Waals surface area contributed by atoms with Crippen LogP contribution in [-0.2, 0) is 21.1 Å². The molecule has 0 bridgehead atoms. The molecule has 0 radical (unpaired) electrons. The first kappa shape index (κ1) is 16.2. The Hall–Kier alpha value is 0.338. The van der Waals surface area contributed by atoms with E-state index >= 15 is 0 Å². The Kier molecular flexibility index (Phi) is 24.4. The third kappa shape index (κ3) is 422. The van der Waals surface area contributed by atoms with Crippen LogP contribution in [0.15, 0.2) is 0 Å². The van der Waals surface area contributed by atoms with E-state index in [0.717, 1.165) is 0 Å². The summed E-state index contributed by atoms with van der Waals surface area (Å²) in [5.41, 5.74) is 4.40. The van der Waals surface area contributed by atoms with E-state index < -0.39 is 5.17 Å². The van der Waals surface area contributed by atoms with Gasteiger partial charge in [-0.15, -0.1) is 0 Å². The van der Waals surface area contributed by atoms with E-state index in [1.54, 1.807) is 0 Å². The van der Waals surface area contributed by atoms with Gasteiger partial charge in [0.2, 0.25) is 0 Å². The first-order valence-electron chi connectivity index (χ1n) is 0.716. The van der Waals surface area contributed by atoms with Gasteiger partial charge in [-0.05, 0) is 12.2 Å². The van der Waals surface area contributed by atoms with Crippen LogP contribution >= 0.6 is 12.2 Å². The minimum absolute atomic E-state index is 0. The second-order valence-corrected chi connectivity index (χ2v) is 0.757. The summed E-state index contributed by atoms with van der Waals surface area (Å²) in [4.78, 5) is 0. The van der Waals surface area contributed by atoms with Crippen LogP contribution in [-0.4, -0.2) is 15.8 Å². The molecule has 0 aliphatic carbocycles. The van der Waals surface area contributed by atoms with Gasteiger partial charge in [-0.3, -0.25) is 0 Å². The van der Waals surface area contributed by atoms with Gasteiger partial charge in [-0.25, -0.2) is 0 Å². The van der Waals surface area contributed by atoms with E-state index in [4.69, 9.17) is 5.11 Å². The van der Waals surface area contributed by atoms with Gasteiger partial charge in [0, 0.05) is 21.1 Å². The summed E-state index contributed by atoms with van der Waals surface area (Å²) in [5, 5.41) is 7.06. The molecule has 6 heavy (non-hydrogen) atoms. The smallest absolute Gasteiger partial charge is 0.251 e. The van der Waals surface area contributed by atoms with Gasteiger partial charge >= 0.3 is 0 Å².